The van der Waals surface area contributed by atoms with Gasteiger partial charge in [-0.1, -0.05) is 24.3 Å². The van der Waals surface area contributed by atoms with E-state index in [-0.39, 0.29) is 6.03 Å². The Kier molecular flexibility index (Phi) is 4.34. The average molecular weight is 356 g/mol. The lowest BCUT2D eigenvalue weighted by Crippen LogP contribution is -2.19. The molecule has 4 aromatic rings. The number of benzene rings is 2. The van der Waals surface area contributed by atoms with Gasteiger partial charge in [-0.15, -0.1) is 0 Å². The molecule has 2 aromatic heterocycles. The van der Waals surface area contributed by atoms with Crippen molar-refractivity contribution in [3.05, 3.63) is 84.2 Å². The van der Waals surface area contributed by atoms with Crippen molar-refractivity contribution >= 4 is 23.1 Å². The number of urea groups is 1. The van der Waals surface area contributed by atoms with Crippen LogP contribution in [0.4, 0.5) is 16.2 Å². The number of carbonyl (C=O) groups is 1. The van der Waals surface area contributed by atoms with Crippen LogP contribution < -0.4 is 10.6 Å². The molecule has 0 unspecified atom stereocenters. The zero-order valence-electron chi connectivity index (χ0n) is 15.2. The van der Waals surface area contributed by atoms with Crippen molar-refractivity contribution in [1.29, 1.82) is 0 Å². The van der Waals surface area contributed by atoms with Crippen LogP contribution in [0.2, 0.25) is 0 Å². The number of nitrogens with one attached hydrogen (secondary N) is 2. The van der Waals surface area contributed by atoms with Gasteiger partial charge in [-0.25, -0.2) is 9.78 Å². The van der Waals surface area contributed by atoms with Crippen LogP contribution in [0.1, 0.15) is 11.1 Å². The zero-order valence-corrected chi connectivity index (χ0v) is 15.2. The van der Waals surface area contributed by atoms with E-state index < -0.39 is 0 Å². The zero-order chi connectivity index (χ0) is 18.8. The molecule has 0 bridgehead atoms. The van der Waals surface area contributed by atoms with Gasteiger partial charge < -0.3 is 15.0 Å². The Morgan fingerprint density at radius 3 is 2.37 bits per heavy atom. The van der Waals surface area contributed by atoms with Crippen molar-refractivity contribution in [2.45, 2.75) is 13.8 Å². The van der Waals surface area contributed by atoms with Gasteiger partial charge in [-0.3, -0.25) is 0 Å². The molecule has 0 radical (unpaired) electrons. The van der Waals surface area contributed by atoms with E-state index in [9.17, 15) is 4.79 Å². The second-order valence-electron chi connectivity index (χ2n) is 6.55. The van der Waals surface area contributed by atoms with E-state index >= 15 is 0 Å². The molecule has 0 atom stereocenters. The predicted molar refractivity (Wildman–Crippen MR) is 109 cm³/mol. The van der Waals surface area contributed by atoms with E-state index in [2.05, 4.69) is 15.6 Å². The SMILES string of the molecule is Cc1ccc(NC(=O)Nc2ccc(-c3cn4ccccc4n3)cc2)cc1C. The number of fused-ring (bicyclic) bond motifs is 1. The summed E-state index contributed by atoms with van der Waals surface area (Å²) in [5, 5.41) is 5.71. The molecule has 0 spiro atoms. The minimum absolute atomic E-state index is 0.265. The van der Waals surface area contributed by atoms with E-state index in [1.807, 2.05) is 91.3 Å². The number of pyridine rings is 1. The molecule has 134 valence electrons. The third kappa shape index (κ3) is 3.67. The lowest BCUT2D eigenvalue weighted by molar-refractivity contribution is 0.262. The van der Waals surface area contributed by atoms with Crippen LogP contribution in [0.3, 0.4) is 0 Å². The fourth-order valence-electron chi connectivity index (χ4n) is 2.91. The third-order valence-corrected chi connectivity index (χ3v) is 4.57. The molecule has 0 saturated heterocycles. The maximum absolute atomic E-state index is 12.2. The van der Waals surface area contributed by atoms with Gasteiger partial charge in [0.25, 0.3) is 0 Å². The normalized spacial score (nSPS) is 10.7. The Morgan fingerprint density at radius 1 is 0.889 bits per heavy atom. The molecule has 2 aromatic carbocycles. The Morgan fingerprint density at radius 2 is 1.63 bits per heavy atom. The van der Waals surface area contributed by atoms with E-state index in [4.69, 9.17) is 0 Å². The van der Waals surface area contributed by atoms with Crippen molar-refractivity contribution in [3.63, 3.8) is 0 Å². The van der Waals surface area contributed by atoms with Gasteiger partial charge in [-0.05, 0) is 61.4 Å². The molecule has 2 amide bonds. The number of rotatable bonds is 3. The van der Waals surface area contributed by atoms with Crippen molar-refractivity contribution in [2.24, 2.45) is 0 Å². The number of imidazole rings is 1. The summed E-state index contributed by atoms with van der Waals surface area (Å²) in [6.07, 6.45) is 3.96. The standard InChI is InChI=1S/C22H20N4O/c1-15-6-9-19(13-16(15)2)24-22(27)23-18-10-7-17(8-11-18)20-14-26-12-4-3-5-21(26)25-20/h3-14H,1-2H3,(H2,23,24,27). The second-order valence-corrected chi connectivity index (χ2v) is 6.55. The fourth-order valence-corrected chi connectivity index (χ4v) is 2.91. The van der Waals surface area contributed by atoms with E-state index in [0.717, 1.165) is 33.8 Å². The Bertz CT molecular complexity index is 1080. The highest BCUT2D eigenvalue weighted by Crippen LogP contribution is 2.21. The molecule has 4 rings (SSSR count). The summed E-state index contributed by atoms with van der Waals surface area (Å²) >= 11 is 0. The first-order chi connectivity index (χ1) is 13.1. The Balaban J connectivity index is 1.45. The molecule has 2 N–H and O–H groups in total. The van der Waals surface area contributed by atoms with Crippen LogP contribution in [0.15, 0.2) is 73.1 Å². The van der Waals surface area contributed by atoms with Gasteiger partial charge in [-0.2, -0.15) is 0 Å². The fraction of sp³-hybridized carbons (Fsp3) is 0.0909. The molecule has 27 heavy (non-hydrogen) atoms. The van der Waals surface area contributed by atoms with Gasteiger partial charge in [0.2, 0.25) is 0 Å². The highest BCUT2D eigenvalue weighted by Gasteiger charge is 2.06. The minimum atomic E-state index is -0.265. The molecular formula is C22H20N4O. The number of amides is 2. The molecule has 0 aliphatic carbocycles. The molecular weight excluding hydrogens is 336 g/mol. The van der Waals surface area contributed by atoms with Crippen LogP contribution in [0.5, 0.6) is 0 Å². The maximum atomic E-state index is 12.2. The van der Waals surface area contributed by atoms with Gasteiger partial charge >= 0.3 is 6.03 Å². The third-order valence-electron chi connectivity index (χ3n) is 4.57. The van der Waals surface area contributed by atoms with Crippen molar-refractivity contribution in [2.75, 3.05) is 10.6 Å². The van der Waals surface area contributed by atoms with Gasteiger partial charge in [0, 0.05) is 29.3 Å². The van der Waals surface area contributed by atoms with Gasteiger partial charge in [0.15, 0.2) is 0 Å². The van der Waals surface area contributed by atoms with Crippen LogP contribution in [0, 0.1) is 13.8 Å². The smallest absolute Gasteiger partial charge is 0.308 e. The molecule has 0 fully saturated rings. The average Bonchev–Trinajstić information content (AvgIpc) is 3.09. The predicted octanol–water partition coefficient (Wildman–Crippen LogP) is 5.26. The molecule has 5 nitrogen and oxygen atoms in total. The summed E-state index contributed by atoms with van der Waals surface area (Å²) < 4.78 is 1.98. The summed E-state index contributed by atoms with van der Waals surface area (Å²) in [6.45, 7) is 4.07. The highest BCUT2D eigenvalue weighted by atomic mass is 16.2. The summed E-state index contributed by atoms with van der Waals surface area (Å²) in [7, 11) is 0. The number of anilines is 2. The van der Waals surface area contributed by atoms with Gasteiger partial charge in [0.1, 0.15) is 5.65 Å². The molecule has 2 heterocycles. The van der Waals surface area contributed by atoms with Crippen molar-refractivity contribution in [1.82, 2.24) is 9.38 Å². The quantitative estimate of drug-likeness (QED) is 0.526. The molecule has 0 saturated carbocycles. The first kappa shape index (κ1) is 16.8. The summed E-state index contributed by atoms with van der Waals surface area (Å²) in [6, 6.07) is 19.1. The Labute approximate surface area is 157 Å². The van der Waals surface area contributed by atoms with Crippen LogP contribution >= 0.6 is 0 Å². The number of hydrogen-bond donors (Lipinski definition) is 2. The second kappa shape index (κ2) is 6.96. The monoisotopic (exact) mass is 356 g/mol. The van der Waals surface area contributed by atoms with E-state index in [1.54, 1.807) is 0 Å². The number of carbonyl (C=O) groups excluding carboxylic acids is 1. The van der Waals surface area contributed by atoms with Crippen molar-refractivity contribution < 1.29 is 4.79 Å². The topological polar surface area (TPSA) is 58.4 Å². The number of hydrogen-bond acceptors (Lipinski definition) is 2. The summed E-state index contributed by atoms with van der Waals surface area (Å²) in [5.74, 6) is 0. The van der Waals surface area contributed by atoms with E-state index in [1.165, 1.54) is 5.56 Å². The minimum Gasteiger partial charge on any atom is -0.308 e. The summed E-state index contributed by atoms with van der Waals surface area (Å²) in [4.78, 5) is 16.8. The number of nitrogens with zero attached hydrogens (tertiary/aromatic N) is 2. The van der Waals surface area contributed by atoms with E-state index in [0.29, 0.717) is 0 Å². The Hall–Kier alpha value is -3.60. The maximum Gasteiger partial charge on any atom is 0.323 e. The van der Waals surface area contributed by atoms with Crippen LogP contribution in [0.25, 0.3) is 16.9 Å². The number of aryl methyl sites for hydroxylation is 2. The van der Waals surface area contributed by atoms with Gasteiger partial charge in [0.05, 0.1) is 5.69 Å². The largest absolute Gasteiger partial charge is 0.323 e. The lowest BCUT2D eigenvalue weighted by atomic mass is 10.1. The van der Waals surface area contributed by atoms with Crippen LogP contribution in [-0.4, -0.2) is 15.4 Å². The number of aromatic nitrogens is 2. The molecule has 0 aliphatic heterocycles. The molecule has 0 aliphatic rings. The van der Waals surface area contributed by atoms with Crippen LogP contribution in [-0.2, 0) is 0 Å². The lowest BCUT2D eigenvalue weighted by Gasteiger charge is -2.09. The highest BCUT2D eigenvalue weighted by molar-refractivity contribution is 5.99. The first-order valence-electron chi connectivity index (χ1n) is 8.78. The van der Waals surface area contributed by atoms with Crippen molar-refractivity contribution in [3.8, 4) is 11.3 Å². The summed E-state index contributed by atoms with van der Waals surface area (Å²) in [5.41, 5.74) is 6.64. The first-order valence-corrected chi connectivity index (χ1v) is 8.78. The molecule has 5 heteroatoms.